The maximum absolute atomic E-state index is 12.5. The Hall–Kier alpha value is -0.960. The molecule has 0 amide bonds. The molecule has 2 rings (SSSR count). The van der Waals surface area contributed by atoms with Gasteiger partial charge in [0.1, 0.15) is 4.90 Å². The normalized spacial score (nSPS) is 11.4. The van der Waals surface area contributed by atoms with Crippen LogP contribution in [0.1, 0.15) is 5.56 Å². The average molecular weight is 435 g/mol. The Bertz CT molecular complexity index is 751. The first-order valence-electron chi connectivity index (χ1n) is 6.00. The van der Waals surface area contributed by atoms with Gasteiger partial charge < -0.3 is 5.32 Å². The molecule has 0 spiro atoms. The number of pyridine rings is 1. The summed E-state index contributed by atoms with van der Waals surface area (Å²) in [5.74, 6) is 0.253. The first-order chi connectivity index (χ1) is 9.94. The van der Waals surface area contributed by atoms with Crippen molar-refractivity contribution in [2.75, 3.05) is 11.8 Å². The summed E-state index contributed by atoms with van der Waals surface area (Å²) in [6, 6.07) is 8.63. The highest BCUT2D eigenvalue weighted by Crippen LogP contribution is 2.27. The van der Waals surface area contributed by atoms with Crippen molar-refractivity contribution in [1.29, 1.82) is 0 Å². The van der Waals surface area contributed by atoms with Crippen LogP contribution in [-0.4, -0.2) is 20.4 Å². The number of aromatic nitrogens is 1. The van der Waals surface area contributed by atoms with Crippen LogP contribution in [0.3, 0.4) is 0 Å². The van der Waals surface area contributed by atoms with Crippen LogP contribution in [0.15, 0.2) is 50.4 Å². The van der Waals surface area contributed by atoms with Gasteiger partial charge in [-0.25, -0.2) is 13.4 Å². The van der Waals surface area contributed by atoms with Crippen molar-refractivity contribution in [1.82, 2.24) is 10.3 Å². The van der Waals surface area contributed by atoms with Crippen molar-refractivity contribution in [3.63, 3.8) is 0 Å². The lowest BCUT2D eigenvalue weighted by Crippen LogP contribution is -2.16. The Labute approximate surface area is 140 Å². The second kappa shape index (κ2) is 6.87. The van der Waals surface area contributed by atoms with Gasteiger partial charge in [-0.15, -0.1) is 0 Å². The molecule has 112 valence electrons. The van der Waals surface area contributed by atoms with E-state index in [9.17, 15) is 8.42 Å². The minimum atomic E-state index is -3.72. The van der Waals surface area contributed by atoms with E-state index in [-0.39, 0.29) is 10.7 Å². The quantitative estimate of drug-likeness (QED) is 0.758. The SMILES string of the molecule is CNCc1ccc(Br)c(S(=O)(=O)Nc2ncccc2Br)c1. The van der Waals surface area contributed by atoms with Crippen LogP contribution in [0, 0.1) is 0 Å². The Morgan fingerprint density at radius 3 is 2.62 bits per heavy atom. The van der Waals surface area contributed by atoms with Gasteiger partial charge in [-0.2, -0.15) is 0 Å². The lowest BCUT2D eigenvalue weighted by Gasteiger charge is -2.11. The number of hydrogen-bond donors (Lipinski definition) is 2. The molecule has 0 aliphatic carbocycles. The standard InChI is InChI=1S/C13H13Br2N3O2S/c1-16-8-9-4-5-10(14)12(7-9)21(19,20)18-13-11(15)3-2-6-17-13/h2-7,16H,8H2,1H3,(H,17,18). The predicted octanol–water partition coefficient (Wildman–Crippen LogP) is 3.13. The summed E-state index contributed by atoms with van der Waals surface area (Å²) >= 11 is 6.55. The lowest BCUT2D eigenvalue weighted by molar-refractivity contribution is 0.600. The highest BCUT2D eigenvalue weighted by Gasteiger charge is 2.20. The molecule has 0 atom stereocenters. The smallest absolute Gasteiger partial charge is 0.264 e. The minimum absolute atomic E-state index is 0.174. The fraction of sp³-hybridized carbons (Fsp3) is 0.154. The average Bonchev–Trinajstić information content (AvgIpc) is 2.43. The molecule has 2 aromatic rings. The van der Waals surface area contributed by atoms with Crippen molar-refractivity contribution >= 4 is 47.7 Å². The number of nitrogens with zero attached hydrogens (tertiary/aromatic N) is 1. The van der Waals surface area contributed by atoms with E-state index in [4.69, 9.17) is 0 Å². The molecular weight excluding hydrogens is 422 g/mol. The van der Waals surface area contributed by atoms with Gasteiger partial charge in [0.2, 0.25) is 0 Å². The summed E-state index contributed by atoms with van der Waals surface area (Å²) in [4.78, 5) is 4.19. The number of rotatable bonds is 5. The van der Waals surface area contributed by atoms with Crippen molar-refractivity contribution in [3.05, 3.63) is 51.0 Å². The van der Waals surface area contributed by atoms with Crippen molar-refractivity contribution in [2.45, 2.75) is 11.4 Å². The van der Waals surface area contributed by atoms with E-state index >= 15 is 0 Å². The topological polar surface area (TPSA) is 71.1 Å². The predicted molar refractivity (Wildman–Crippen MR) is 89.7 cm³/mol. The molecule has 1 aromatic heterocycles. The van der Waals surface area contributed by atoms with Crippen LogP contribution < -0.4 is 10.0 Å². The molecule has 0 unspecified atom stereocenters. The van der Waals surface area contributed by atoms with Crippen LogP contribution >= 0.6 is 31.9 Å². The lowest BCUT2D eigenvalue weighted by atomic mass is 10.2. The molecule has 0 fully saturated rings. The van der Waals surface area contributed by atoms with Gasteiger partial charge in [-0.1, -0.05) is 6.07 Å². The fourth-order valence-corrected chi connectivity index (χ4v) is 4.24. The number of halogens is 2. The summed E-state index contributed by atoms with van der Waals surface area (Å²) in [7, 11) is -1.92. The van der Waals surface area contributed by atoms with Gasteiger partial charge in [-0.05, 0) is 68.7 Å². The number of nitrogens with one attached hydrogen (secondary N) is 2. The molecule has 1 aromatic carbocycles. The van der Waals surface area contributed by atoms with Crippen LogP contribution in [0.2, 0.25) is 0 Å². The highest BCUT2D eigenvalue weighted by atomic mass is 79.9. The first kappa shape index (κ1) is 16.4. The molecule has 5 nitrogen and oxygen atoms in total. The van der Waals surface area contributed by atoms with Crippen molar-refractivity contribution < 1.29 is 8.42 Å². The Kier molecular flexibility index (Phi) is 5.37. The van der Waals surface area contributed by atoms with Crippen molar-refractivity contribution in [2.24, 2.45) is 0 Å². The van der Waals surface area contributed by atoms with Gasteiger partial charge in [0, 0.05) is 17.2 Å². The van der Waals surface area contributed by atoms with E-state index in [1.165, 1.54) is 6.20 Å². The molecule has 21 heavy (non-hydrogen) atoms. The molecule has 0 aliphatic heterocycles. The largest absolute Gasteiger partial charge is 0.316 e. The van der Waals surface area contributed by atoms with Crippen LogP contribution in [0.5, 0.6) is 0 Å². The third-order valence-corrected chi connectivity index (χ3v) is 5.63. The molecule has 0 saturated heterocycles. The van der Waals surface area contributed by atoms with Gasteiger partial charge in [0.25, 0.3) is 10.0 Å². The monoisotopic (exact) mass is 433 g/mol. The molecule has 0 bridgehead atoms. The van der Waals surface area contributed by atoms with Crippen LogP contribution in [0.25, 0.3) is 0 Å². The summed E-state index contributed by atoms with van der Waals surface area (Å²) in [6.07, 6.45) is 1.52. The van der Waals surface area contributed by atoms with Crippen LogP contribution in [0.4, 0.5) is 5.82 Å². The summed E-state index contributed by atoms with van der Waals surface area (Å²) in [6.45, 7) is 0.586. The second-order valence-electron chi connectivity index (χ2n) is 4.23. The second-order valence-corrected chi connectivity index (χ2v) is 7.59. The van der Waals surface area contributed by atoms with Gasteiger partial charge >= 0.3 is 0 Å². The molecule has 1 heterocycles. The van der Waals surface area contributed by atoms with Gasteiger partial charge in [0.05, 0.1) is 4.47 Å². The molecule has 0 radical (unpaired) electrons. The molecular formula is C13H13Br2N3O2S. The maximum atomic E-state index is 12.5. The first-order valence-corrected chi connectivity index (χ1v) is 9.07. The third-order valence-electron chi connectivity index (χ3n) is 2.66. The van der Waals surface area contributed by atoms with E-state index < -0.39 is 10.0 Å². The molecule has 0 saturated carbocycles. The van der Waals surface area contributed by atoms with Crippen molar-refractivity contribution in [3.8, 4) is 0 Å². The van der Waals surface area contributed by atoms with Gasteiger partial charge in [-0.3, -0.25) is 4.72 Å². The van der Waals surface area contributed by atoms with E-state index in [1.54, 1.807) is 31.3 Å². The number of benzene rings is 1. The minimum Gasteiger partial charge on any atom is -0.316 e. The number of hydrogen-bond acceptors (Lipinski definition) is 4. The molecule has 8 heteroatoms. The van der Waals surface area contributed by atoms with Crippen LogP contribution in [-0.2, 0) is 16.6 Å². The van der Waals surface area contributed by atoms with E-state index in [0.717, 1.165) is 5.56 Å². The molecule has 0 aliphatic rings. The van der Waals surface area contributed by atoms with E-state index in [2.05, 4.69) is 46.9 Å². The summed E-state index contributed by atoms with van der Waals surface area (Å²) in [5.41, 5.74) is 0.876. The summed E-state index contributed by atoms with van der Waals surface area (Å²) < 4.78 is 28.6. The Morgan fingerprint density at radius 2 is 1.95 bits per heavy atom. The van der Waals surface area contributed by atoms with E-state index in [1.807, 2.05) is 6.07 Å². The zero-order valence-corrected chi connectivity index (χ0v) is 15.1. The number of sulfonamides is 1. The maximum Gasteiger partial charge on any atom is 0.264 e. The Balaban J connectivity index is 2.40. The number of anilines is 1. The van der Waals surface area contributed by atoms with Gasteiger partial charge in [0.15, 0.2) is 5.82 Å². The summed E-state index contributed by atoms with van der Waals surface area (Å²) in [5, 5.41) is 2.99. The fourth-order valence-electron chi connectivity index (χ4n) is 1.71. The van der Waals surface area contributed by atoms with E-state index in [0.29, 0.717) is 15.5 Å². The zero-order valence-electron chi connectivity index (χ0n) is 11.1. The zero-order chi connectivity index (χ0) is 15.5. The highest BCUT2D eigenvalue weighted by molar-refractivity contribution is 9.11. The Morgan fingerprint density at radius 1 is 1.19 bits per heavy atom. The third kappa shape index (κ3) is 4.03. The molecule has 2 N–H and O–H groups in total.